The minimum Gasteiger partial charge on any atom is -0.478 e. The van der Waals surface area contributed by atoms with Gasteiger partial charge in [-0.3, -0.25) is 0 Å². The Labute approximate surface area is 90.7 Å². The molecule has 82 valence electrons. The first-order valence-corrected chi connectivity index (χ1v) is 5.04. The zero-order chi connectivity index (χ0) is 11.3. The van der Waals surface area contributed by atoms with Crippen LogP contribution in [-0.2, 0) is 0 Å². The molecule has 0 radical (unpaired) electrons. The number of aromatic nitrogens is 3. The molecule has 1 saturated carbocycles. The maximum Gasteiger partial charge on any atom is 0.338 e. The van der Waals surface area contributed by atoms with Crippen LogP contribution in [0, 0.1) is 0 Å². The maximum absolute atomic E-state index is 10.8. The first-order valence-electron chi connectivity index (χ1n) is 5.04. The molecule has 0 bridgehead atoms. The van der Waals surface area contributed by atoms with Gasteiger partial charge in [0, 0.05) is 18.3 Å². The van der Waals surface area contributed by atoms with Crippen LogP contribution in [0.3, 0.4) is 0 Å². The molecule has 0 aliphatic heterocycles. The number of nitrogen functional groups attached to an aromatic ring is 1. The molecule has 0 unspecified atom stereocenters. The Morgan fingerprint density at radius 3 is 2.94 bits per heavy atom. The van der Waals surface area contributed by atoms with E-state index in [1.54, 1.807) is 0 Å². The van der Waals surface area contributed by atoms with E-state index >= 15 is 0 Å². The minimum atomic E-state index is -1.02. The lowest BCUT2D eigenvalue weighted by Crippen LogP contribution is -2.01. The number of hydrogen-bond acceptors (Lipinski definition) is 4. The Kier molecular flexibility index (Phi) is 1.68. The lowest BCUT2D eigenvalue weighted by atomic mass is 10.2. The highest BCUT2D eigenvalue weighted by molar-refractivity contribution is 5.87. The number of nitrogens with two attached hydrogens (primary N) is 1. The summed E-state index contributed by atoms with van der Waals surface area (Å²) in [5.74, 6) is -0.591. The van der Waals surface area contributed by atoms with Crippen molar-refractivity contribution in [2.24, 2.45) is 0 Å². The second-order valence-corrected chi connectivity index (χ2v) is 3.99. The van der Waals surface area contributed by atoms with Crippen molar-refractivity contribution in [1.29, 1.82) is 0 Å². The lowest BCUT2D eigenvalue weighted by molar-refractivity contribution is 0.0695. The van der Waals surface area contributed by atoms with Crippen molar-refractivity contribution in [3.63, 3.8) is 0 Å². The van der Waals surface area contributed by atoms with Crippen LogP contribution in [0.5, 0.6) is 0 Å². The Balaban J connectivity index is 2.20. The number of aromatic carboxylic acids is 1. The van der Waals surface area contributed by atoms with Crippen LogP contribution >= 0.6 is 0 Å². The van der Waals surface area contributed by atoms with E-state index in [1.165, 1.54) is 16.9 Å². The summed E-state index contributed by atoms with van der Waals surface area (Å²) in [4.78, 5) is 14.8. The quantitative estimate of drug-likeness (QED) is 0.780. The molecule has 0 aromatic carbocycles. The fraction of sp³-hybridized carbons (Fsp3) is 0.300. The molecule has 0 spiro atoms. The van der Waals surface area contributed by atoms with Gasteiger partial charge in [-0.1, -0.05) is 0 Å². The molecule has 16 heavy (non-hydrogen) atoms. The van der Waals surface area contributed by atoms with Crippen molar-refractivity contribution in [2.45, 2.75) is 18.8 Å². The predicted octanol–water partition coefficient (Wildman–Crippen LogP) is 0.887. The first-order chi connectivity index (χ1) is 7.66. The molecule has 0 saturated heterocycles. The predicted molar refractivity (Wildman–Crippen MR) is 56.3 cm³/mol. The number of fused-ring (bicyclic) bond motifs is 1. The van der Waals surface area contributed by atoms with Gasteiger partial charge in [-0.2, -0.15) is 5.10 Å². The molecule has 2 aromatic rings. The van der Waals surface area contributed by atoms with Gasteiger partial charge < -0.3 is 10.8 Å². The lowest BCUT2D eigenvalue weighted by Gasteiger charge is -1.95. The van der Waals surface area contributed by atoms with Crippen molar-refractivity contribution in [2.75, 3.05) is 5.73 Å². The van der Waals surface area contributed by atoms with Crippen molar-refractivity contribution in [1.82, 2.24) is 14.6 Å². The van der Waals surface area contributed by atoms with E-state index in [-0.39, 0.29) is 5.56 Å². The Hall–Kier alpha value is -2.11. The molecule has 1 aliphatic rings. The maximum atomic E-state index is 10.8. The standard InChI is InChI=1S/C10H10N4O2/c11-7-8(5-1-2-5)13-14-4-6(10(15)16)3-12-9(7)14/h3-5H,1-2,11H2,(H,15,16). The Bertz CT molecular complexity index is 586. The molecule has 3 rings (SSSR count). The Morgan fingerprint density at radius 2 is 2.31 bits per heavy atom. The first kappa shape index (κ1) is 9.14. The zero-order valence-electron chi connectivity index (χ0n) is 8.42. The van der Waals surface area contributed by atoms with E-state index < -0.39 is 5.97 Å². The van der Waals surface area contributed by atoms with Crippen LogP contribution in [0.15, 0.2) is 12.4 Å². The summed E-state index contributed by atoms with van der Waals surface area (Å²) in [5, 5.41) is 13.1. The highest BCUT2D eigenvalue weighted by atomic mass is 16.4. The third-order valence-corrected chi connectivity index (χ3v) is 2.75. The summed E-state index contributed by atoms with van der Waals surface area (Å²) in [6.45, 7) is 0. The van der Waals surface area contributed by atoms with Crippen LogP contribution in [-0.4, -0.2) is 25.7 Å². The van der Waals surface area contributed by atoms with E-state index in [1.807, 2.05) is 0 Å². The molecule has 6 nitrogen and oxygen atoms in total. The largest absolute Gasteiger partial charge is 0.478 e. The van der Waals surface area contributed by atoms with Gasteiger partial charge in [0.2, 0.25) is 0 Å². The van der Waals surface area contributed by atoms with Crippen LogP contribution in [0.2, 0.25) is 0 Å². The summed E-state index contributed by atoms with van der Waals surface area (Å²) in [6, 6.07) is 0. The number of carboxylic acid groups (broad SMARTS) is 1. The number of hydrogen-bond donors (Lipinski definition) is 2. The summed E-state index contributed by atoms with van der Waals surface area (Å²) in [7, 11) is 0. The third kappa shape index (κ3) is 1.23. The van der Waals surface area contributed by atoms with E-state index in [0.717, 1.165) is 18.5 Å². The number of anilines is 1. The molecular weight excluding hydrogens is 208 g/mol. The van der Waals surface area contributed by atoms with Crippen molar-refractivity contribution >= 4 is 17.3 Å². The average Bonchev–Trinajstić information content (AvgIpc) is 3.04. The van der Waals surface area contributed by atoms with E-state index in [9.17, 15) is 4.79 Å². The number of carbonyl (C=O) groups is 1. The second-order valence-electron chi connectivity index (χ2n) is 3.99. The van der Waals surface area contributed by atoms with Gasteiger partial charge in [-0.05, 0) is 12.8 Å². The highest BCUT2D eigenvalue weighted by Gasteiger charge is 2.29. The van der Waals surface area contributed by atoms with Gasteiger partial charge in [-0.15, -0.1) is 0 Å². The third-order valence-electron chi connectivity index (χ3n) is 2.75. The van der Waals surface area contributed by atoms with Crippen LogP contribution in [0.4, 0.5) is 5.69 Å². The molecule has 2 aromatic heterocycles. The fourth-order valence-corrected chi connectivity index (χ4v) is 1.74. The van der Waals surface area contributed by atoms with Gasteiger partial charge in [0.1, 0.15) is 5.69 Å². The topological polar surface area (TPSA) is 93.5 Å². The highest BCUT2D eigenvalue weighted by Crippen LogP contribution is 2.42. The summed E-state index contributed by atoms with van der Waals surface area (Å²) >= 11 is 0. The smallest absolute Gasteiger partial charge is 0.338 e. The number of rotatable bonds is 2. The molecule has 1 aliphatic carbocycles. The number of nitrogens with zero attached hydrogens (tertiary/aromatic N) is 3. The van der Waals surface area contributed by atoms with E-state index in [0.29, 0.717) is 17.3 Å². The molecule has 0 atom stereocenters. The van der Waals surface area contributed by atoms with Gasteiger partial charge in [0.25, 0.3) is 0 Å². The van der Waals surface area contributed by atoms with Gasteiger partial charge >= 0.3 is 5.97 Å². The van der Waals surface area contributed by atoms with Crippen LogP contribution in [0.1, 0.15) is 34.8 Å². The molecule has 0 amide bonds. The monoisotopic (exact) mass is 218 g/mol. The number of carboxylic acids is 1. The van der Waals surface area contributed by atoms with Crippen LogP contribution in [0.25, 0.3) is 5.65 Å². The molecule has 6 heteroatoms. The van der Waals surface area contributed by atoms with Gasteiger partial charge in [0.05, 0.1) is 11.3 Å². The van der Waals surface area contributed by atoms with Gasteiger partial charge in [0.15, 0.2) is 5.65 Å². The Morgan fingerprint density at radius 1 is 1.56 bits per heavy atom. The molecule has 3 N–H and O–H groups in total. The van der Waals surface area contributed by atoms with E-state index in [2.05, 4.69) is 10.1 Å². The fourth-order valence-electron chi connectivity index (χ4n) is 1.74. The minimum absolute atomic E-state index is 0.109. The van der Waals surface area contributed by atoms with Crippen LogP contribution < -0.4 is 5.73 Å². The summed E-state index contributed by atoms with van der Waals surface area (Å²) in [5.41, 5.74) is 7.97. The second kappa shape index (κ2) is 2.94. The van der Waals surface area contributed by atoms with E-state index in [4.69, 9.17) is 10.8 Å². The SMILES string of the molecule is Nc1c(C2CC2)nn2cc(C(=O)O)cnc12. The normalized spacial score (nSPS) is 15.5. The summed E-state index contributed by atoms with van der Waals surface area (Å²) in [6.07, 6.45) is 4.93. The van der Waals surface area contributed by atoms with Crippen molar-refractivity contribution in [3.05, 3.63) is 23.7 Å². The zero-order valence-corrected chi connectivity index (χ0v) is 8.42. The summed E-state index contributed by atoms with van der Waals surface area (Å²) < 4.78 is 1.45. The molecular formula is C10H10N4O2. The van der Waals surface area contributed by atoms with Crippen molar-refractivity contribution in [3.8, 4) is 0 Å². The molecule has 1 fully saturated rings. The average molecular weight is 218 g/mol. The van der Waals surface area contributed by atoms with Crippen molar-refractivity contribution < 1.29 is 9.90 Å². The molecule has 2 heterocycles. The van der Waals surface area contributed by atoms with Gasteiger partial charge in [-0.25, -0.2) is 14.3 Å².